The summed E-state index contributed by atoms with van der Waals surface area (Å²) in [6.45, 7) is 1.23. The van der Waals surface area contributed by atoms with E-state index in [0.717, 1.165) is 17.9 Å². The van der Waals surface area contributed by atoms with Crippen LogP contribution in [0.15, 0.2) is 54.6 Å². The third-order valence-electron chi connectivity index (χ3n) is 2.48. The van der Waals surface area contributed by atoms with Gasteiger partial charge in [-0.2, -0.15) is 0 Å². The summed E-state index contributed by atoms with van der Waals surface area (Å²) < 4.78 is 11.1. The molecule has 2 N–H and O–H groups in total. The summed E-state index contributed by atoms with van der Waals surface area (Å²) in [5.41, 5.74) is 6.44. The van der Waals surface area contributed by atoms with Crippen LogP contribution in [0, 0.1) is 0 Å². The van der Waals surface area contributed by atoms with E-state index < -0.39 is 0 Å². The van der Waals surface area contributed by atoms with Gasteiger partial charge in [0, 0.05) is 6.42 Å². The third-order valence-corrected chi connectivity index (χ3v) is 2.48. The average molecular weight is 243 g/mol. The van der Waals surface area contributed by atoms with Gasteiger partial charge < -0.3 is 15.2 Å². The highest BCUT2D eigenvalue weighted by Gasteiger charge is 1.98. The lowest BCUT2D eigenvalue weighted by atomic mass is 10.3. The minimum atomic E-state index is 0.598. The van der Waals surface area contributed by atoms with Gasteiger partial charge in [0.25, 0.3) is 0 Å². The second-order valence-corrected chi connectivity index (χ2v) is 3.90. The van der Waals surface area contributed by atoms with E-state index in [1.807, 2.05) is 54.6 Å². The molecule has 0 aliphatic heterocycles. The fourth-order valence-electron chi connectivity index (χ4n) is 1.56. The molecular weight excluding hydrogens is 226 g/mol. The van der Waals surface area contributed by atoms with Crippen molar-refractivity contribution in [2.45, 2.75) is 6.42 Å². The standard InChI is InChI=1S/C15H17NO2/c16-14-9-4-5-10-15(14)18-12-6-11-17-13-7-2-1-3-8-13/h1-5,7-10H,6,11-12,16H2. The summed E-state index contributed by atoms with van der Waals surface area (Å²) in [4.78, 5) is 0. The van der Waals surface area contributed by atoms with Crippen LogP contribution in [0.3, 0.4) is 0 Å². The zero-order valence-corrected chi connectivity index (χ0v) is 10.2. The molecule has 0 aliphatic rings. The molecular formula is C15H17NO2. The van der Waals surface area contributed by atoms with Crippen molar-refractivity contribution >= 4 is 5.69 Å². The number of rotatable bonds is 6. The summed E-state index contributed by atoms with van der Waals surface area (Å²) in [6, 6.07) is 17.3. The molecule has 0 heterocycles. The molecule has 2 rings (SSSR count). The highest BCUT2D eigenvalue weighted by Crippen LogP contribution is 2.19. The molecule has 0 aromatic heterocycles. The van der Waals surface area contributed by atoms with E-state index in [2.05, 4.69) is 0 Å². The first-order chi connectivity index (χ1) is 8.86. The molecule has 0 aliphatic carbocycles. The molecule has 0 bridgehead atoms. The predicted molar refractivity (Wildman–Crippen MR) is 72.9 cm³/mol. The van der Waals surface area contributed by atoms with E-state index in [-0.39, 0.29) is 0 Å². The minimum absolute atomic E-state index is 0.598. The van der Waals surface area contributed by atoms with Gasteiger partial charge in [0.1, 0.15) is 11.5 Å². The largest absolute Gasteiger partial charge is 0.493 e. The predicted octanol–water partition coefficient (Wildman–Crippen LogP) is 3.12. The van der Waals surface area contributed by atoms with Gasteiger partial charge in [-0.15, -0.1) is 0 Å². The van der Waals surface area contributed by atoms with Crippen molar-refractivity contribution in [2.24, 2.45) is 0 Å². The van der Waals surface area contributed by atoms with Gasteiger partial charge in [-0.05, 0) is 24.3 Å². The Morgan fingerprint density at radius 1 is 0.778 bits per heavy atom. The Morgan fingerprint density at radius 2 is 1.44 bits per heavy atom. The molecule has 0 fully saturated rings. The average Bonchev–Trinajstić information content (AvgIpc) is 2.42. The number of hydrogen-bond donors (Lipinski definition) is 1. The van der Waals surface area contributed by atoms with Gasteiger partial charge in [-0.3, -0.25) is 0 Å². The van der Waals surface area contributed by atoms with Crippen molar-refractivity contribution in [3.05, 3.63) is 54.6 Å². The molecule has 0 atom stereocenters. The van der Waals surface area contributed by atoms with E-state index in [0.29, 0.717) is 18.9 Å². The second-order valence-electron chi connectivity index (χ2n) is 3.90. The first-order valence-corrected chi connectivity index (χ1v) is 6.01. The van der Waals surface area contributed by atoms with E-state index >= 15 is 0 Å². The Labute approximate surface area is 107 Å². The van der Waals surface area contributed by atoms with Crippen molar-refractivity contribution in [3.8, 4) is 11.5 Å². The van der Waals surface area contributed by atoms with E-state index in [4.69, 9.17) is 15.2 Å². The van der Waals surface area contributed by atoms with Crippen LogP contribution in [0.4, 0.5) is 5.69 Å². The quantitative estimate of drug-likeness (QED) is 0.626. The van der Waals surface area contributed by atoms with Crippen LogP contribution in [-0.4, -0.2) is 13.2 Å². The third kappa shape index (κ3) is 3.70. The Kier molecular flexibility index (Phi) is 4.47. The monoisotopic (exact) mass is 243 g/mol. The van der Waals surface area contributed by atoms with Gasteiger partial charge >= 0.3 is 0 Å². The minimum Gasteiger partial charge on any atom is -0.493 e. The number of nitrogen functional groups attached to an aromatic ring is 1. The molecule has 94 valence electrons. The Bertz CT molecular complexity index is 471. The lowest BCUT2D eigenvalue weighted by molar-refractivity contribution is 0.248. The maximum absolute atomic E-state index is 5.77. The van der Waals surface area contributed by atoms with Gasteiger partial charge in [-0.25, -0.2) is 0 Å². The molecule has 0 saturated heterocycles. The molecule has 18 heavy (non-hydrogen) atoms. The highest BCUT2D eigenvalue weighted by molar-refractivity contribution is 5.51. The topological polar surface area (TPSA) is 44.5 Å². The van der Waals surface area contributed by atoms with Crippen molar-refractivity contribution in [1.82, 2.24) is 0 Å². The van der Waals surface area contributed by atoms with Gasteiger partial charge in [0.15, 0.2) is 0 Å². The fourth-order valence-corrected chi connectivity index (χ4v) is 1.56. The second kappa shape index (κ2) is 6.55. The van der Waals surface area contributed by atoms with Crippen LogP contribution < -0.4 is 15.2 Å². The van der Waals surface area contributed by atoms with E-state index in [1.54, 1.807) is 0 Å². The summed E-state index contributed by atoms with van der Waals surface area (Å²) in [5.74, 6) is 1.62. The maximum Gasteiger partial charge on any atom is 0.142 e. The molecule has 2 aromatic carbocycles. The Balaban J connectivity index is 1.66. The Hall–Kier alpha value is -2.16. The first kappa shape index (κ1) is 12.3. The molecule has 0 spiro atoms. The van der Waals surface area contributed by atoms with Crippen LogP contribution in [0.1, 0.15) is 6.42 Å². The summed E-state index contributed by atoms with van der Waals surface area (Å²) in [5, 5.41) is 0. The lowest BCUT2D eigenvalue weighted by Gasteiger charge is -2.09. The van der Waals surface area contributed by atoms with Gasteiger partial charge in [0.2, 0.25) is 0 Å². The fraction of sp³-hybridized carbons (Fsp3) is 0.200. The zero-order valence-electron chi connectivity index (χ0n) is 10.2. The van der Waals surface area contributed by atoms with Crippen LogP contribution in [0.5, 0.6) is 11.5 Å². The Morgan fingerprint density at radius 3 is 2.22 bits per heavy atom. The number of hydrogen-bond acceptors (Lipinski definition) is 3. The van der Waals surface area contributed by atoms with Crippen LogP contribution in [0.25, 0.3) is 0 Å². The number of ether oxygens (including phenoxy) is 2. The molecule has 2 aromatic rings. The molecule has 3 heteroatoms. The molecule has 0 radical (unpaired) electrons. The maximum atomic E-state index is 5.77. The van der Waals surface area contributed by atoms with Crippen molar-refractivity contribution < 1.29 is 9.47 Å². The SMILES string of the molecule is Nc1ccccc1OCCCOc1ccccc1. The number of benzene rings is 2. The van der Waals surface area contributed by atoms with Crippen molar-refractivity contribution in [1.29, 1.82) is 0 Å². The summed E-state index contributed by atoms with van der Waals surface area (Å²) >= 11 is 0. The lowest BCUT2D eigenvalue weighted by Crippen LogP contribution is -2.05. The number of nitrogens with two attached hydrogens (primary N) is 1. The summed E-state index contributed by atoms with van der Waals surface area (Å²) in [7, 11) is 0. The van der Waals surface area contributed by atoms with Crippen LogP contribution >= 0.6 is 0 Å². The zero-order chi connectivity index (χ0) is 12.6. The number of para-hydroxylation sites is 3. The van der Waals surface area contributed by atoms with Crippen molar-refractivity contribution in [2.75, 3.05) is 18.9 Å². The van der Waals surface area contributed by atoms with Gasteiger partial charge in [-0.1, -0.05) is 30.3 Å². The molecule has 0 amide bonds. The molecule has 0 unspecified atom stereocenters. The highest BCUT2D eigenvalue weighted by atomic mass is 16.5. The van der Waals surface area contributed by atoms with Crippen molar-refractivity contribution in [3.63, 3.8) is 0 Å². The van der Waals surface area contributed by atoms with Crippen LogP contribution in [0.2, 0.25) is 0 Å². The first-order valence-electron chi connectivity index (χ1n) is 6.01. The molecule has 3 nitrogen and oxygen atoms in total. The van der Waals surface area contributed by atoms with Crippen LogP contribution in [-0.2, 0) is 0 Å². The van der Waals surface area contributed by atoms with Gasteiger partial charge in [0.05, 0.1) is 18.9 Å². The normalized spacial score (nSPS) is 10.0. The molecule has 0 saturated carbocycles. The van der Waals surface area contributed by atoms with E-state index in [9.17, 15) is 0 Å². The smallest absolute Gasteiger partial charge is 0.142 e. The number of anilines is 1. The summed E-state index contributed by atoms with van der Waals surface area (Å²) in [6.07, 6.45) is 0.823. The van der Waals surface area contributed by atoms with E-state index in [1.165, 1.54) is 0 Å².